The molecule has 3 nitrogen and oxygen atoms in total. The predicted molar refractivity (Wildman–Crippen MR) is 39.9 cm³/mol. The van der Waals surface area contributed by atoms with Gasteiger partial charge in [0, 0.05) is 0 Å². The smallest absolute Gasteiger partial charge is 0.306 e. The Labute approximate surface area is 61.4 Å². The van der Waals surface area contributed by atoms with Crippen LogP contribution >= 0.6 is 0 Å². The van der Waals surface area contributed by atoms with Gasteiger partial charge in [0.1, 0.15) is 0 Å². The molecular weight excluding hydrogens is 132 g/mol. The number of carbonyl (C=O) groups is 1. The second kappa shape index (κ2) is 5.23. The number of carboxylic acids is 1. The van der Waals surface area contributed by atoms with Crippen LogP contribution in [0.4, 0.5) is 0 Å². The Morgan fingerprint density at radius 2 is 1.90 bits per heavy atom. The summed E-state index contributed by atoms with van der Waals surface area (Å²) in [4.78, 5) is 10.4. The summed E-state index contributed by atoms with van der Waals surface area (Å²) >= 11 is 0. The molecule has 10 heavy (non-hydrogen) atoms. The van der Waals surface area contributed by atoms with Crippen LogP contribution in [0.25, 0.3) is 0 Å². The second-order valence-corrected chi connectivity index (χ2v) is 2.60. The summed E-state index contributed by atoms with van der Waals surface area (Å²) in [5, 5.41) is 8.54. The van der Waals surface area contributed by atoms with Gasteiger partial charge >= 0.3 is 5.97 Å². The molecule has 3 heteroatoms. The van der Waals surface area contributed by atoms with E-state index in [-0.39, 0.29) is 17.3 Å². The molecule has 0 aliphatic heterocycles. The molecule has 0 aromatic heterocycles. The summed E-state index contributed by atoms with van der Waals surface area (Å²) in [5.74, 6) is -0.579. The summed E-state index contributed by atoms with van der Waals surface area (Å²) in [6.07, 6.45) is 0.729. The van der Waals surface area contributed by atoms with Gasteiger partial charge in [-0.25, -0.2) is 0 Å². The lowest BCUT2D eigenvalue weighted by atomic mass is 9.94. The number of aliphatic carboxylic acids is 1. The summed E-state index contributed by atoms with van der Waals surface area (Å²) in [7, 11) is 0. The number of hydrogen-bond acceptors (Lipinski definition) is 1. The van der Waals surface area contributed by atoms with Crippen LogP contribution in [0.2, 0.25) is 0 Å². The lowest BCUT2D eigenvalue weighted by Gasteiger charge is -2.12. The SMILES string of the molecule is CCC(C(=O)O)C(C)C.O. The van der Waals surface area contributed by atoms with Gasteiger partial charge in [-0.2, -0.15) is 0 Å². The van der Waals surface area contributed by atoms with Crippen molar-refractivity contribution in [3.8, 4) is 0 Å². The fourth-order valence-electron chi connectivity index (χ4n) is 0.931. The summed E-state index contributed by atoms with van der Waals surface area (Å²) in [6.45, 7) is 5.77. The van der Waals surface area contributed by atoms with Crippen molar-refractivity contribution in [3.63, 3.8) is 0 Å². The lowest BCUT2D eigenvalue weighted by molar-refractivity contribution is -0.143. The van der Waals surface area contributed by atoms with E-state index < -0.39 is 5.97 Å². The van der Waals surface area contributed by atoms with E-state index in [0.717, 1.165) is 6.42 Å². The van der Waals surface area contributed by atoms with E-state index in [1.807, 2.05) is 20.8 Å². The molecule has 0 heterocycles. The van der Waals surface area contributed by atoms with Crippen molar-refractivity contribution in [3.05, 3.63) is 0 Å². The molecule has 0 amide bonds. The van der Waals surface area contributed by atoms with Gasteiger partial charge < -0.3 is 10.6 Å². The Bertz CT molecular complexity index is 99.0. The van der Waals surface area contributed by atoms with Gasteiger partial charge in [-0.3, -0.25) is 4.79 Å². The van der Waals surface area contributed by atoms with E-state index in [9.17, 15) is 4.79 Å². The maximum absolute atomic E-state index is 10.4. The maximum atomic E-state index is 10.4. The highest BCUT2D eigenvalue weighted by Gasteiger charge is 2.17. The van der Waals surface area contributed by atoms with Crippen LogP contribution in [0.1, 0.15) is 27.2 Å². The van der Waals surface area contributed by atoms with Crippen molar-refractivity contribution in [1.29, 1.82) is 0 Å². The van der Waals surface area contributed by atoms with Crippen LogP contribution in [-0.2, 0) is 4.79 Å². The van der Waals surface area contributed by atoms with E-state index in [1.54, 1.807) is 0 Å². The first-order valence-corrected chi connectivity index (χ1v) is 3.32. The van der Waals surface area contributed by atoms with Gasteiger partial charge in [-0.1, -0.05) is 20.8 Å². The molecular formula is C7H16O3. The average Bonchev–Trinajstić information content (AvgIpc) is 1.64. The third kappa shape index (κ3) is 3.45. The highest BCUT2D eigenvalue weighted by molar-refractivity contribution is 5.70. The Kier molecular flexibility index (Phi) is 6.35. The van der Waals surface area contributed by atoms with E-state index in [2.05, 4.69) is 0 Å². The minimum absolute atomic E-state index is 0. The van der Waals surface area contributed by atoms with Crippen LogP contribution in [0.15, 0.2) is 0 Å². The highest BCUT2D eigenvalue weighted by atomic mass is 16.4. The molecule has 1 atom stereocenters. The molecule has 0 aliphatic carbocycles. The quantitative estimate of drug-likeness (QED) is 0.646. The molecule has 0 rings (SSSR count). The first kappa shape index (κ1) is 12.1. The molecule has 0 saturated heterocycles. The van der Waals surface area contributed by atoms with Gasteiger partial charge in [-0.05, 0) is 12.3 Å². The number of rotatable bonds is 3. The van der Waals surface area contributed by atoms with Gasteiger partial charge in [0.25, 0.3) is 0 Å². The number of hydrogen-bond donors (Lipinski definition) is 1. The molecule has 1 unspecified atom stereocenters. The standard InChI is InChI=1S/C7H14O2.H2O/c1-4-6(5(2)3)7(8)9;/h5-6H,4H2,1-3H3,(H,8,9);1H2. The topological polar surface area (TPSA) is 68.8 Å². The molecule has 62 valence electrons. The summed E-state index contributed by atoms with van der Waals surface area (Å²) in [5.41, 5.74) is 0. The van der Waals surface area contributed by atoms with Crippen LogP contribution in [0, 0.1) is 11.8 Å². The van der Waals surface area contributed by atoms with Crippen molar-refractivity contribution in [2.75, 3.05) is 0 Å². The second-order valence-electron chi connectivity index (χ2n) is 2.60. The molecule has 0 bridgehead atoms. The Morgan fingerprint density at radius 3 is 1.90 bits per heavy atom. The van der Waals surface area contributed by atoms with Crippen LogP contribution in [0.3, 0.4) is 0 Å². The van der Waals surface area contributed by atoms with Gasteiger partial charge in [0.15, 0.2) is 0 Å². The molecule has 0 spiro atoms. The lowest BCUT2D eigenvalue weighted by Crippen LogP contribution is -2.18. The third-order valence-corrected chi connectivity index (χ3v) is 1.56. The highest BCUT2D eigenvalue weighted by Crippen LogP contribution is 2.13. The molecule has 0 aromatic rings. The van der Waals surface area contributed by atoms with E-state index in [1.165, 1.54) is 0 Å². The first-order chi connectivity index (χ1) is 4.09. The normalized spacial score (nSPS) is 12.4. The first-order valence-electron chi connectivity index (χ1n) is 3.32. The fraction of sp³-hybridized carbons (Fsp3) is 0.857. The van der Waals surface area contributed by atoms with Gasteiger partial charge in [0.2, 0.25) is 0 Å². The maximum Gasteiger partial charge on any atom is 0.306 e. The van der Waals surface area contributed by atoms with E-state index >= 15 is 0 Å². The third-order valence-electron chi connectivity index (χ3n) is 1.56. The van der Waals surface area contributed by atoms with E-state index in [0.29, 0.717) is 0 Å². The van der Waals surface area contributed by atoms with Gasteiger partial charge in [-0.15, -0.1) is 0 Å². The average molecular weight is 148 g/mol. The van der Waals surface area contributed by atoms with Crippen molar-refractivity contribution in [2.45, 2.75) is 27.2 Å². The molecule has 0 radical (unpaired) electrons. The van der Waals surface area contributed by atoms with Crippen molar-refractivity contribution in [2.24, 2.45) is 11.8 Å². The zero-order valence-electron chi connectivity index (χ0n) is 6.72. The molecule has 0 aliphatic rings. The van der Waals surface area contributed by atoms with Crippen LogP contribution < -0.4 is 0 Å². The largest absolute Gasteiger partial charge is 0.481 e. The van der Waals surface area contributed by atoms with Crippen LogP contribution in [-0.4, -0.2) is 16.6 Å². The fourth-order valence-corrected chi connectivity index (χ4v) is 0.931. The molecule has 0 aromatic carbocycles. The Morgan fingerprint density at radius 1 is 1.50 bits per heavy atom. The Hall–Kier alpha value is -0.570. The zero-order chi connectivity index (χ0) is 7.44. The van der Waals surface area contributed by atoms with Crippen molar-refractivity contribution < 1.29 is 15.4 Å². The Balaban J connectivity index is 0. The van der Waals surface area contributed by atoms with Gasteiger partial charge in [0.05, 0.1) is 5.92 Å². The summed E-state index contributed by atoms with van der Waals surface area (Å²) < 4.78 is 0. The molecule has 0 fully saturated rings. The predicted octanol–water partition coefficient (Wildman–Crippen LogP) is 0.928. The summed E-state index contributed by atoms with van der Waals surface area (Å²) in [6, 6.07) is 0. The monoisotopic (exact) mass is 148 g/mol. The zero-order valence-corrected chi connectivity index (χ0v) is 6.72. The van der Waals surface area contributed by atoms with Crippen LogP contribution in [0.5, 0.6) is 0 Å². The van der Waals surface area contributed by atoms with E-state index in [4.69, 9.17) is 5.11 Å². The number of carboxylic acid groups (broad SMARTS) is 1. The minimum atomic E-state index is -0.674. The molecule has 3 N–H and O–H groups in total. The van der Waals surface area contributed by atoms with Crippen molar-refractivity contribution in [1.82, 2.24) is 0 Å². The molecule has 0 saturated carbocycles. The van der Waals surface area contributed by atoms with Crippen molar-refractivity contribution >= 4 is 5.97 Å². The minimum Gasteiger partial charge on any atom is -0.481 e.